The Bertz CT molecular complexity index is 589. The minimum atomic E-state index is 0.0587. The van der Waals surface area contributed by atoms with Crippen LogP contribution in [0.25, 0.3) is 0 Å². The second-order valence-corrected chi connectivity index (χ2v) is 6.98. The molecule has 0 saturated carbocycles. The summed E-state index contributed by atoms with van der Waals surface area (Å²) in [6.07, 6.45) is 5.97. The lowest BCUT2D eigenvalue weighted by Gasteiger charge is -2.18. The summed E-state index contributed by atoms with van der Waals surface area (Å²) in [5.41, 5.74) is 5.57. The van der Waals surface area contributed by atoms with Crippen molar-refractivity contribution in [3.05, 3.63) is 69.2 Å². The number of alkyl halides is 1. The number of hydrogen-bond acceptors (Lipinski definition) is 0. The molecule has 0 amide bonds. The van der Waals surface area contributed by atoms with Gasteiger partial charge in [0.25, 0.3) is 0 Å². The number of benzene rings is 2. The first-order valence-electron chi connectivity index (χ1n) is 7.22. The van der Waals surface area contributed by atoms with E-state index in [1.165, 1.54) is 47.9 Å². The summed E-state index contributed by atoms with van der Waals surface area (Å²) in [6.45, 7) is 0. The highest BCUT2D eigenvalue weighted by atomic mass is 79.9. The Kier molecular flexibility index (Phi) is 4.48. The van der Waals surface area contributed by atoms with Gasteiger partial charge in [-0.2, -0.15) is 0 Å². The van der Waals surface area contributed by atoms with Gasteiger partial charge < -0.3 is 0 Å². The lowest BCUT2D eigenvalue weighted by atomic mass is 9.89. The molecule has 104 valence electrons. The van der Waals surface area contributed by atoms with Crippen LogP contribution in [-0.2, 0) is 19.3 Å². The smallest absolute Gasteiger partial charge is 0.0625 e. The molecule has 0 nitrogen and oxygen atoms in total. The molecule has 0 fully saturated rings. The molecule has 3 rings (SSSR count). The van der Waals surface area contributed by atoms with E-state index < -0.39 is 0 Å². The Labute approximate surface area is 134 Å². The van der Waals surface area contributed by atoms with Gasteiger partial charge in [0, 0.05) is 4.47 Å². The maximum absolute atomic E-state index is 6.61. The highest BCUT2D eigenvalue weighted by Crippen LogP contribution is 2.30. The number of aryl methyl sites for hydroxylation is 2. The zero-order valence-electron chi connectivity index (χ0n) is 11.4. The van der Waals surface area contributed by atoms with Crippen molar-refractivity contribution in [2.24, 2.45) is 0 Å². The number of halogens is 2. The molecule has 2 aromatic rings. The molecule has 1 aliphatic rings. The van der Waals surface area contributed by atoms with Crippen LogP contribution in [-0.4, -0.2) is 0 Å². The summed E-state index contributed by atoms with van der Waals surface area (Å²) >= 11 is 10.1. The predicted octanol–water partition coefficient (Wildman–Crippen LogP) is 5.85. The van der Waals surface area contributed by atoms with Gasteiger partial charge in [0.05, 0.1) is 5.38 Å². The largest absolute Gasteiger partial charge is 0.117 e. The van der Waals surface area contributed by atoms with Gasteiger partial charge in [-0.15, -0.1) is 11.6 Å². The first-order valence-corrected chi connectivity index (χ1v) is 8.45. The van der Waals surface area contributed by atoms with Gasteiger partial charge in [0.15, 0.2) is 0 Å². The number of hydrogen-bond donors (Lipinski definition) is 0. The molecular formula is C18H18BrCl. The summed E-state index contributed by atoms with van der Waals surface area (Å²) in [7, 11) is 0. The second-order valence-electron chi connectivity index (χ2n) is 5.53. The molecule has 2 heteroatoms. The van der Waals surface area contributed by atoms with Gasteiger partial charge in [0.1, 0.15) is 0 Å². The molecule has 0 spiro atoms. The van der Waals surface area contributed by atoms with Gasteiger partial charge in [-0.05, 0) is 66.5 Å². The van der Waals surface area contributed by atoms with Crippen molar-refractivity contribution in [2.75, 3.05) is 0 Å². The SMILES string of the molecule is ClC(Cc1ccc(Br)cc1)c1ccc2c(c1)CCCC2. The van der Waals surface area contributed by atoms with E-state index in [1.807, 2.05) is 0 Å². The van der Waals surface area contributed by atoms with E-state index in [0.717, 1.165) is 10.9 Å². The van der Waals surface area contributed by atoms with Gasteiger partial charge >= 0.3 is 0 Å². The van der Waals surface area contributed by atoms with Crippen molar-refractivity contribution in [1.82, 2.24) is 0 Å². The van der Waals surface area contributed by atoms with Crippen molar-refractivity contribution in [3.8, 4) is 0 Å². The topological polar surface area (TPSA) is 0 Å². The van der Waals surface area contributed by atoms with Crippen molar-refractivity contribution in [3.63, 3.8) is 0 Å². The van der Waals surface area contributed by atoms with E-state index in [2.05, 4.69) is 58.4 Å². The van der Waals surface area contributed by atoms with E-state index >= 15 is 0 Å². The maximum atomic E-state index is 6.61. The van der Waals surface area contributed by atoms with E-state index in [4.69, 9.17) is 11.6 Å². The van der Waals surface area contributed by atoms with Crippen LogP contribution >= 0.6 is 27.5 Å². The fourth-order valence-electron chi connectivity index (χ4n) is 2.89. The van der Waals surface area contributed by atoms with Crippen LogP contribution in [0.5, 0.6) is 0 Å². The molecule has 0 heterocycles. The monoisotopic (exact) mass is 348 g/mol. The summed E-state index contributed by atoms with van der Waals surface area (Å²) < 4.78 is 1.11. The molecule has 0 bridgehead atoms. The standard InChI is InChI=1S/C18H18BrCl/c19-17-9-5-13(6-10-17)11-18(20)16-8-7-14-3-1-2-4-15(14)12-16/h5-10,12,18H,1-4,11H2. The van der Waals surface area contributed by atoms with Crippen LogP contribution in [0.15, 0.2) is 46.9 Å². The maximum Gasteiger partial charge on any atom is 0.0625 e. The normalized spacial score (nSPS) is 15.7. The molecular weight excluding hydrogens is 332 g/mol. The number of rotatable bonds is 3. The van der Waals surface area contributed by atoms with Crippen molar-refractivity contribution < 1.29 is 0 Å². The van der Waals surface area contributed by atoms with Crippen LogP contribution in [0.3, 0.4) is 0 Å². The van der Waals surface area contributed by atoms with Gasteiger partial charge in [0.2, 0.25) is 0 Å². The van der Waals surface area contributed by atoms with Gasteiger partial charge in [-0.1, -0.05) is 46.3 Å². The zero-order valence-corrected chi connectivity index (χ0v) is 13.8. The second kappa shape index (κ2) is 6.32. The van der Waals surface area contributed by atoms with Crippen LogP contribution in [0.4, 0.5) is 0 Å². The van der Waals surface area contributed by atoms with E-state index in [1.54, 1.807) is 0 Å². The Balaban J connectivity index is 1.76. The lowest BCUT2D eigenvalue weighted by Crippen LogP contribution is -2.04. The Hall–Kier alpha value is -0.790. The Morgan fingerprint density at radius 1 is 0.950 bits per heavy atom. The minimum Gasteiger partial charge on any atom is -0.117 e. The van der Waals surface area contributed by atoms with Crippen LogP contribution in [0.1, 0.15) is 40.5 Å². The minimum absolute atomic E-state index is 0.0587. The molecule has 1 unspecified atom stereocenters. The average molecular weight is 350 g/mol. The molecule has 1 atom stereocenters. The quantitative estimate of drug-likeness (QED) is 0.610. The van der Waals surface area contributed by atoms with Crippen LogP contribution in [0, 0.1) is 0 Å². The molecule has 0 N–H and O–H groups in total. The van der Waals surface area contributed by atoms with Crippen LogP contribution < -0.4 is 0 Å². The third-order valence-electron chi connectivity index (χ3n) is 4.06. The van der Waals surface area contributed by atoms with Crippen molar-refractivity contribution in [1.29, 1.82) is 0 Å². The Morgan fingerprint density at radius 2 is 1.65 bits per heavy atom. The van der Waals surface area contributed by atoms with E-state index in [9.17, 15) is 0 Å². The highest BCUT2D eigenvalue weighted by Gasteiger charge is 2.14. The summed E-state index contributed by atoms with van der Waals surface area (Å²) in [5, 5.41) is 0.0587. The summed E-state index contributed by atoms with van der Waals surface area (Å²) in [4.78, 5) is 0. The average Bonchev–Trinajstić information content (AvgIpc) is 2.49. The molecule has 0 aliphatic heterocycles. The lowest BCUT2D eigenvalue weighted by molar-refractivity contribution is 0.683. The van der Waals surface area contributed by atoms with Gasteiger partial charge in [-0.3, -0.25) is 0 Å². The summed E-state index contributed by atoms with van der Waals surface area (Å²) in [6, 6.07) is 15.2. The van der Waals surface area contributed by atoms with E-state index in [0.29, 0.717) is 0 Å². The fourth-order valence-corrected chi connectivity index (χ4v) is 3.47. The third-order valence-corrected chi connectivity index (χ3v) is 5.00. The summed E-state index contributed by atoms with van der Waals surface area (Å²) in [5.74, 6) is 0. The van der Waals surface area contributed by atoms with Gasteiger partial charge in [-0.25, -0.2) is 0 Å². The molecule has 0 aromatic heterocycles. The molecule has 2 aromatic carbocycles. The third kappa shape index (κ3) is 3.27. The zero-order chi connectivity index (χ0) is 13.9. The number of fused-ring (bicyclic) bond motifs is 1. The Morgan fingerprint density at radius 3 is 2.40 bits per heavy atom. The first-order chi connectivity index (χ1) is 9.72. The molecule has 0 saturated heterocycles. The molecule has 20 heavy (non-hydrogen) atoms. The molecule has 1 aliphatic carbocycles. The first kappa shape index (κ1) is 14.2. The highest BCUT2D eigenvalue weighted by molar-refractivity contribution is 9.10. The predicted molar refractivity (Wildman–Crippen MR) is 89.5 cm³/mol. The van der Waals surface area contributed by atoms with Crippen molar-refractivity contribution >= 4 is 27.5 Å². The molecule has 0 radical (unpaired) electrons. The van der Waals surface area contributed by atoms with Crippen LogP contribution in [0.2, 0.25) is 0 Å². The van der Waals surface area contributed by atoms with E-state index in [-0.39, 0.29) is 5.38 Å². The fraction of sp³-hybridized carbons (Fsp3) is 0.333. The van der Waals surface area contributed by atoms with Crippen molar-refractivity contribution in [2.45, 2.75) is 37.5 Å².